The summed E-state index contributed by atoms with van der Waals surface area (Å²) in [5.41, 5.74) is 3.77. The van der Waals surface area contributed by atoms with E-state index in [2.05, 4.69) is 0 Å². The van der Waals surface area contributed by atoms with Crippen molar-refractivity contribution in [3.8, 4) is 0 Å². The van der Waals surface area contributed by atoms with Gasteiger partial charge in [0.15, 0.2) is 18.6 Å². The molecule has 0 aromatic carbocycles. The molecule has 4 rings (SSSR count). The van der Waals surface area contributed by atoms with Crippen LogP contribution in [-0.2, 0) is 32.9 Å². The average molecular weight is 656 g/mol. The van der Waals surface area contributed by atoms with Crippen LogP contribution in [0.2, 0.25) is 0 Å². The van der Waals surface area contributed by atoms with E-state index in [1.165, 1.54) is 7.05 Å². The molecule has 21 nitrogen and oxygen atoms in total. The highest BCUT2D eigenvalue weighted by atomic mass is 31.2. The molecule has 1 aromatic rings. The van der Waals surface area contributed by atoms with Gasteiger partial charge in [-0.15, -0.1) is 0 Å². The van der Waals surface area contributed by atoms with Crippen molar-refractivity contribution in [2.45, 2.75) is 73.4 Å². The summed E-state index contributed by atoms with van der Waals surface area (Å²) >= 11 is 0. The smallest absolute Gasteiger partial charge is 0.469 e. The molecule has 44 heavy (non-hydrogen) atoms. The zero-order valence-electron chi connectivity index (χ0n) is 23.2. The summed E-state index contributed by atoms with van der Waals surface area (Å²) in [4.78, 5) is 72.5. The first-order valence-corrected chi connectivity index (χ1v) is 14.6. The first-order chi connectivity index (χ1) is 20.5. The number of nitrogens with two attached hydrogens (primary N) is 1. The standard InChI is InChI=1S/C22H34N5O16P/c1-25-6-8(43-44(37,38)39)10(20(34)35)26(2)18(33)11(25)16(42-21-15(32)12(29)7(5-23)40-21)17-13(30)14(31)19(41-17)27-4-3-9(28)24-22(27)36/h3-4,7-8,10-17,19,21,29-32H,5-6,23H2,1-2H3,(H,34,35)(H,24,28,36)(H2,37,38,39)/t7-,8+,10+,11+,12-,13+,14-,15-,16?,17+,19-,21+/m1/s1. The molecule has 1 aromatic heterocycles. The van der Waals surface area contributed by atoms with Gasteiger partial charge in [-0.25, -0.2) is 14.2 Å². The summed E-state index contributed by atoms with van der Waals surface area (Å²) in [6, 6.07) is -2.70. The van der Waals surface area contributed by atoms with Gasteiger partial charge < -0.3 is 60.2 Å². The number of nitrogens with zero attached hydrogens (tertiary/aromatic N) is 3. The van der Waals surface area contributed by atoms with Gasteiger partial charge in [-0.1, -0.05) is 0 Å². The van der Waals surface area contributed by atoms with E-state index in [0.717, 1.165) is 28.8 Å². The number of nitrogens with one attached hydrogen (secondary N) is 1. The number of phosphoric ester groups is 1. The van der Waals surface area contributed by atoms with Gasteiger partial charge in [0.2, 0.25) is 5.91 Å². The number of phosphoric acid groups is 1. The molecular weight excluding hydrogens is 621 g/mol. The quantitative estimate of drug-likeness (QED) is 0.112. The summed E-state index contributed by atoms with van der Waals surface area (Å²) in [5.74, 6) is -2.74. The van der Waals surface area contributed by atoms with Crippen LogP contribution in [0.1, 0.15) is 6.23 Å². The maximum absolute atomic E-state index is 13.9. The number of carbonyl (C=O) groups is 2. The Balaban J connectivity index is 1.78. The van der Waals surface area contributed by atoms with E-state index in [-0.39, 0.29) is 6.54 Å². The summed E-state index contributed by atoms with van der Waals surface area (Å²) in [6.45, 7) is -0.896. The average Bonchev–Trinajstić information content (AvgIpc) is 3.33. The van der Waals surface area contributed by atoms with Crippen molar-refractivity contribution in [2.75, 3.05) is 27.2 Å². The number of ether oxygens (including phenoxy) is 3. The lowest BCUT2D eigenvalue weighted by atomic mass is 9.97. The number of aliphatic hydroxyl groups is 4. The second kappa shape index (κ2) is 13.0. The number of hydrogen-bond acceptors (Lipinski definition) is 15. The Bertz CT molecular complexity index is 1390. The summed E-state index contributed by atoms with van der Waals surface area (Å²) in [5, 5.41) is 52.7. The Labute approximate surface area is 247 Å². The first-order valence-electron chi connectivity index (χ1n) is 13.1. The molecule has 0 spiro atoms. The topological polar surface area (TPSA) is 317 Å². The molecule has 4 heterocycles. The van der Waals surface area contributed by atoms with Gasteiger partial charge in [0.25, 0.3) is 5.56 Å². The number of aromatic amines is 1. The number of aliphatic carboxylic acids is 1. The van der Waals surface area contributed by atoms with Gasteiger partial charge >= 0.3 is 19.5 Å². The van der Waals surface area contributed by atoms with Crippen LogP contribution in [0.3, 0.4) is 0 Å². The molecule has 3 fully saturated rings. The Hall–Kier alpha value is -2.63. The fourth-order valence-corrected chi connectivity index (χ4v) is 6.12. The third-order valence-corrected chi connectivity index (χ3v) is 8.26. The van der Waals surface area contributed by atoms with E-state index in [9.17, 15) is 59.1 Å². The molecule has 0 radical (unpaired) electrons. The fraction of sp³-hybridized carbons (Fsp3) is 0.727. The summed E-state index contributed by atoms with van der Waals surface area (Å²) < 4.78 is 34.4. The Morgan fingerprint density at radius 3 is 2.32 bits per heavy atom. The third-order valence-electron chi connectivity index (χ3n) is 7.72. The van der Waals surface area contributed by atoms with Crippen LogP contribution in [0.25, 0.3) is 0 Å². The van der Waals surface area contributed by atoms with Crippen LogP contribution < -0.4 is 17.0 Å². The van der Waals surface area contributed by atoms with Crippen LogP contribution in [-0.4, -0.2) is 161 Å². The van der Waals surface area contributed by atoms with E-state index >= 15 is 0 Å². The van der Waals surface area contributed by atoms with Crippen LogP contribution >= 0.6 is 7.82 Å². The number of aliphatic hydroxyl groups excluding tert-OH is 4. The van der Waals surface area contributed by atoms with E-state index in [4.69, 9.17) is 24.5 Å². The van der Waals surface area contributed by atoms with Gasteiger partial charge in [-0.05, 0) is 7.05 Å². The normalized spacial score (nSPS) is 37.7. The lowest BCUT2D eigenvalue weighted by Crippen LogP contribution is -2.59. The van der Waals surface area contributed by atoms with Crippen molar-refractivity contribution in [3.63, 3.8) is 0 Å². The molecule has 3 saturated heterocycles. The van der Waals surface area contributed by atoms with E-state index in [1.54, 1.807) is 0 Å². The van der Waals surface area contributed by atoms with Gasteiger partial charge in [0, 0.05) is 32.4 Å². The molecule has 0 aliphatic carbocycles. The molecule has 1 amide bonds. The number of carboxylic acids is 1. The van der Waals surface area contributed by atoms with Crippen molar-refractivity contribution >= 4 is 19.7 Å². The number of rotatable bonds is 9. The summed E-state index contributed by atoms with van der Waals surface area (Å²) in [7, 11) is -3.05. The number of carboxylic acid groups (broad SMARTS) is 1. The molecule has 0 saturated carbocycles. The minimum Gasteiger partial charge on any atom is -0.480 e. The number of carbonyl (C=O) groups excluding carboxylic acids is 1. The monoisotopic (exact) mass is 655 g/mol. The number of H-pyrrole nitrogens is 1. The predicted octanol–water partition coefficient (Wildman–Crippen LogP) is -6.35. The highest BCUT2D eigenvalue weighted by molar-refractivity contribution is 7.46. The van der Waals surface area contributed by atoms with Crippen LogP contribution in [0.5, 0.6) is 0 Å². The summed E-state index contributed by atoms with van der Waals surface area (Å²) in [6.07, 6.45) is -16.0. The molecule has 10 N–H and O–H groups in total. The van der Waals surface area contributed by atoms with Crippen molar-refractivity contribution in [2.24, 2.45) is 5.73 Å². The molecule has 22 heteroatoms. The van der Waals surface area contributed by atoms with Gasteiger partial charge in [0.05, 0.1) is 0 Å². The zero-order valence-corrected chi connectivity index (χ0v) is 24.1. The maximum atomic E-state index is 13.9. The van der Waals surface area contributed by atoms with E-state index in [0.29, 0.717) is 4.90 Å². The molecular formula is C22H34N5O16P. The van der Waals surface area contributed by atoms with Crippen molar-refractivity contribution in [1.82, 2.24) is 19.4 Å². The zero-order chi connectivity index (χ0) is 32.8. The Morgan fingerprint density at radius 2 is 1.77 bits per heavy atom. The maximum Gasteiger partial charge on any atom is 0.469 e. The highest BCUT2D eigenvalue weighted by Gasteiger charge is 2.57. The van der Waals surface area contributed by atoms with E-state index < -0.39 is 111 Å². The van der Waals surface area contributed by atoms with Crippen molar-refractivity contribution < 1.29 is 68.2 Å². The van der Waals surface area contributed by atoms with Gasteiger partial charge in [0.1, 0.15) is 54.9 Å². The van der Waals surface area contributed by atoms with Gasteiger partial charge in [-0.3, -0.25) is 28.6 Å². The van der Waals surface area contributed by atoms with Crippen LogP contribution in [0.15, 0.2) is 21.9 Å². The minimum atomic E-state index is -5.29. The van der Waals surface area contributed by atoms with Gasteiger partial charge in [-0.2, -0.15) is 0 Å². The Kier molecular flexibility index (Phi) is 10.1. The van der Waals surface area contributed by atoms with Crippen molar-refractivity contribution in [1.29, 1.82) is 0 Å². The van der Waals surface area contributed by atoms with Crippen LogP contribution in [0.4, 0.5) is 0 Å². The molecule has 1 unspecified atom stereocenters. The number of hydrogen-bond donors (Lipinski definition) is 9. The number of likely N-dealkylation sites (N-methyl/N-ethyl adjacent to an activating group) is 2. The lowest BCUT2D eigenvalue weighted by Gasteiger charge is -2.38. The predicted molar refractivity (Wildman–Crippen MR) is 139 cm³/mol. The first kappa shape index (κ1) is 34.2. The molecule has 3 aliphatic rings. The Morgan fingerprint density at radius 1 is 1.11 bits per heavy atom. The molecule has 248 valence electrons. The largest absolute Gasteiger partial charge is 0.480 e. The highest BCUT2D eigenvalue weighted by Crippen LogP contribution is 2.41. The number of aromatic nitrogens is 2. The van der Waals surface area contributed by atoms with Crippen molar-refractivity contribution in [3.05, 3.63) is 33.1 Å². The SMILES string of the molecule is CN1C[C@H](OP(=O)(O)O)[C@@H](C(=O)O)N(C)C(=O)[C@@H]1C(O[C@@H]1O[C@H](CN)[C@@H](O)[C@H]1O)[C@H]1O[C@@H](n2ccc(=O)[nH]c2=O)[C@H](O)[C@@H]1O. The lowest BCUT2D eigenvalue weighted by molar-refractivity contribution is -0.233. The van der Waals surface area contributed by atoms with Crippen LogP contribution in [0, 0.1) is 0 Å². The molecule has 0 bridgehead atoms. The van der Waals surface area contributed by atoms with E-state index in [1.807, 2.05) is 4.98 Å². The number of amides is 1. The minimum absolute atomic E-state index is 0.270. The second-order valence-corrected chi connectivity index (χ2v) is 11.8. The fourth-order valence-electron chi connectivity index (χ4n) is 5.59. The molecule has 12 atom stereocenters. The molecule has 3 aliphatic heterocycles. The third kappa shape index (κ3) is 6.65. The second-order valence-electron chi connectivity index (χ2n) is 10.6.